The third-order valence-corrected chi connectivity index (χ3v) is 3.55. The molecule has 0 amide bonds. The van der Waals surface area contributed by atoms with E-state index in [1.807, 2.05) is 6.20 Å². The van der Waals surface area contributed by atoms with Gasteiger partial charge in [-0.1, -0.05) is 6.92 Å². The Morgan fingerprint density at radius 2 is 2.29 bits per heavy atom. The van der Waals surface area contributed by atoms with Crippen LogP contribution in [0, 0.1) is 6.92 Å². The van der Waals surface area contributed by atoms with Crippen molar-refractivity contribution in [2.75, 3.05) is 0 Å². The smallest absolute Gasteiger partial charge is 0.107 e. The molecule has 92 valence electrons. The number of thiazole rings is 1. The van der Waals surface area contributed by atoms with E-state index in [0.29, 0.717) is 0 Å². The van der Waals surface area contributed by atoms with Gasteiger partial charge < -0.3 is 9.88 Å². The lowest BCUT2D eigenvalue weighted by molar-refractivity contribution is 0.601. The summed E-state index contributed by atoms with van der Waals surface area (Å²) in [6, 6.07) is 4.29. The number of nitrogens with zero attached hydrogens (tertiary/aromatic N) is 2. The van der Waals surface area contributed by atoms with Crippen LogP contribution in [0.4, 0.5) is 0 Å². The Morgan fingerprint density at radius 1 is 1.41 bits per heavy atom. The van der Waals surface area contributed by atoms with Crippen molar-refractivity contribution in [3.63, 3.8) is 0 Å². The van der Waals surface area contributed by atoms with Gasteiger partial charge in [-0.25, -0.2) is 4.98 Å². The molecule has 0 aromatic carbocycles. The second-order valence-electron chi connectivity index (χ2n) is 4.16. The van der Waals surface area contributed by atoms with Crippen molar-refractivity contribution in [1.82, 2.24) is 14.9 Å². The van der Waals surface area contributed by atoms with E-state index in [1.54, 1.807) is 11.3 Å². The molecule has 2 rings (SSSR count). The first-order valence-electron chi connectivity index (χ1n) is 6.05. The number of aromatic nitrogens is 2. The van der Waals surface area contributed by atoms with Gasteiger partial charge in [-0.2, -0.15) is 0 Å². The third kappa shape index (κ3) is 3.41. The Morgan fingerprint density at radius 3 is 3.00 bits per heavy atom. The molecule has 0 fully saturated rings. The van der Waals surface area contributed by atoms with Crippen LogP contribution in [-0.4, -0.2) is 9.55 Å². The predicted molar refractivity (Wildman–Crippen MR) is 72.1 cm³/mol. The van der Waals surface area contributed by atoms with E-state index in [4.69, 9.17) is 0 Å². The molecular formula is C13H19N3S. The largest absolute Gasteiger partial charge is 0.350 e. The van der Waals surface area contributed by atoms with Crippen molar-refractivity contribution in [1.29, 1.82) is 0 Å². The van der Waals surface area contributed by atoms with Crippen LogP contribution < -0.4 is 5.32 Å². The zero-order valence-electron chi connectivity index (χ0n) is 10.4. The molecule has 0 atom stereocenters. The topological polar surface area (TPSA) is 29.9 Å². The van der Waals surface area contributed by atoms with Gasteiger partial charge in [0, 0.05) is 42.6 Å². The Labute approximate surface area is 107 Å². The maximum absolute atomic E-state index is 4.34. The molecule has 0 saturated carbocycles. The molecule has 17 heavy (non-hydrogen) atoms. The zero-order valence-corrected chi connectivity index (χ0v) is 11.3. The molecule has 2 heterocycles. The molecular weight excluding hydrogens is 230 g/mol. The van der Waals surface area contributed by atoms with Crippen molar-refractivity contribution in [3.8, 4) is 0 Å². The fourth-order valence-corrected chi connectivity index (χ4v) is 2.61. The molecule has 4 heteroatoms. The molecule has 0 saturated heterocycles. The summed E-state index contributed by atoms with van der Waals surface area (Å²) in [6.45, 7) is 7.16. The van der Waals surface area contributed by atoms with Gasteiger partial charge in [0.2, 0.25) is 0 Å². The summed E-state index contributed by atoms with van der Waals surface area (Å²) in [7, 11) is 0. The minimum absolute atomic E-state index is 0.857. The molecule has 3 nitrogen and oxygen atoms in total. The van der Waals surface area contributed by atoms with Crippen LogP contribution in [-0.2, 0) is 19.6 Å². The fourth-order valence-electron chi connectivity index (χ4n) is 1.85. The highest BCUT2D eigenvalue weighted by atomic mass is 32.1. The average molecular weight is 249 g/mol. The van der Waals surface area contributed by atoms with Gasteiger partial charge in [0.05, 0.1) is 0 Å². The average Bonchev–Trinajstić information content (AvgIpc) is 2.90. The van der Waals surface area contributed by atoms with Gasteiger partial charge in [-0.05, 0) is 25.5 Å². The molecule has 0 unspecified atom stereocenters. The number of hydrogen-bond acceptors (Lipinski definition) is 3. The van der Waals surface area contributed by atoms with Crippen LogP contribution in [0.5, 0.6) is 0 Å². The minimum atomic E-state index is 0.857. The summed E-state index contributed by atoms with van der Waals surface area (Å²) in [5.74, 6) is 0. The number of aryl methyl sites for hydroxylation is 2. The van der Waals surface area contributed by atoms with Gasteiger partial charge in [0.1, 0.15) is 5.01 Å². The highest BCUT2D eigenvalue weighted by Gasteiger charge is 2.01. The van der Waals surface area contributed by atoms with E-state index in [2.05, 4.69) is 47.0 Å². The van der Waals surface area contributed by atoms with E-state index < -0.39 is 0 Å². The van der Waals surface area contributed by atoms with E-state index >= 15 is 0 Å². The van der Waals surface area contributed by atoms with Crippen LogP contribution in [0.25, 0.3) is 0 Å². The standard InChI is InChI=1S/C13H19N3S/c1-3-6-16-7-4-5-12(16)9-14-10-13-15-8-11(2)17-13/h4-5,7-8,14H,3,6,9-10H2,1-2H3. The van der Waals surface area contributed by atoms with E-state index in [0.717, 1.165) is 24.6 Å². The third-order valence-electron chi connectivity index (χ3n) is 2.64. The van der Waals surface area contributed by atoms with Gasteiger partial charge in [-0.15, -0.1) is 11.3 Å². The summed E-state index contributed by atoms with van der Waals surface area (Å²) in [5, 5.41) is 4.61. The SMILES string of the molecule is CCCn1cccc1CNCc1ncc(C)s1. The van der Waals surface area contributed by atoms with Gasteiger partial charge in [-0.3, -0.25) is 0 Å². The highest BCUT2D eigenvalue weighted by molar-refractivity contribution is 7.11. The highest BCUT2D eigenvalue weighted by Crippen LogP contribution is 2.11. The van der Waals surface area contributed by atoms with Crippen LogP contribution in [0.15, 0.2) is 24.5 Å². The summed E-state index contributed by atoms with van der Waals surface area (Å²) in [6.07, 6.45) is 5.25. The minimum Gasteiger partial charge on any atom is -0.350 e. The quantitative estimate of drug-likeness (QED) is 0.853. The molecule has 0 spiro atoms. The molecule has 0 aliphatic rings. The molecule has 0 bridgehead atoms. The van der Waals surface area contributed by atoms with Gasteiger partial charge in [0.25, 0.3) is 0 Å². The van der Waals surface area contributed by atoms with Crippen molar-refractivity contribution in [2.24, 2.45) is 0 Å². The summed E-state index contributed by atoms with van der Waals surface area (Å²) in [5.41, 5.74) is 1.35. The summed E-state index contributed by atoms with van der Waals surface area (Å²) in [4.78, 5) is 5.62. The molecule has 1 N–H and O–H groups in total. The Bertz CT molecular complexity index is 459. The van der Waals surface area contributed by atoms with E-state index in [9.17, 15) is 0 Å². The second kappa shape index (κ2) is 5.98. The lowest BCUT2D eigenvalue weighted by Crippen LogP contribution is -2.15. The first-order chi connectivity index (χ1) is 8.29. The molecule has 0 aliphatic heterocycles. The number of hydrogen-bond donors (Lipinski definition) is 1. The first-order valence-corrected chi connectivity index (χ1v) is 6.87. The van der Waals surface area contributed by atoms with Gasteiger partial charge in [0.15, 0.2) is 0 Å². The van der Waals surface area contributed by atoms with Crippen LogP contribution >= 0.6 is 11.3 Å². The van der Waals surface area contributed by atoms with E-state index in [-0.39, 0.29) is 0 Å². The molecule has 2 aromatic heterocycles. The molecule has 2 aromatic rings. The zero-order chi connectivity index (χ0) is 12.1. The summed E-state index contributed by atoms with van der Waals surface area (Å²) >= 11 is 1.76. The maximum atomic E-state index is 4.34. The van der Waals surface area contributed by atoms with Crippen LogP contribution in [0.3, 0.4) is 0 Å². The molecule has 0 aliphatic carbocycles. The van der Waals surface area contributed by atoms with Crippen molar-refractivity contribution >= 4 is 11.3 Å². The number of nitrogens with one attached hydrogen (secondary N) is 1. The van der Waals surface area contributed by atoms with Crippen molar-refractivity contribution in [3.05, 3.63) is 40.1 Å². The fraction of sp³-hybridized carbons (Fsp3) is 0.462. The summed E-state index contributed by atoms with van der Waals surface area (Å²) < 4.78 is 2.31. The lowest BCUT2D eigenvalue weighted by Gasteiger charge is -2.08. The normalized spacial score (nSPS) is 10.9. The van der Waals surface area contributed by atoms with Gasteiger partial charge >= 0.3 is 0 Å². The Balaban J connectivity index is 1.83. The molecule has 0 radical (unpaired) electrons. The lowest BCUT2D eigenvalue weighted by atomic mass is 10.4. The van der Waals surface area contributed by atoms with Crippen molar-refractivity contribution < 1.29 is 0 Å². The van der Waals surface area contributed by atoms with Crippen LogP contribution in [0.2, 0.25) is 0 Å². The van der Waals surface area contributed by atoms with E-state index in [1.165, 1.54) is 17.0 Å². The maximum Gasteiger partial charge on any atom is 0.107 e. The monoisotopic (exact) mass is 249 g/mol. The Kier molecular flexibility index (Phi) is 4.34. The second-order valence-corrected chi connectivity index (χ2v) is 5.48. The van der Waals surface area contributed by atoms with Crippen LogP contribution in [0.1, 0.15) is 28.9 Å². The predicted octanol–water partition coefficient (Wildman–Crippen LogP) is 2.95. The number of rotatable bonds is 6. The Hall–Kier alpha value is -1.13. The van der Waals surface area contributed by atoms with Crippen molar-refractivity contribution in [2.45, 2.75) is 39.9 Å². The first kappa shape index (κ1) is 12.3.